The zero-order valence-electron chi connectivity index (χ0n) is 54.6. The summed E-state index contributed by atoms with van der Waals surface area (Å²) in [7, 11) is 0. The Balaban J connectivity index is 0.923. The maximum Gasteiger partial charge on any atom is 0.407 e. The van der Waals surface area contributed by atoms with Crippen molar-refractivity contribution in [2.75, 3.05) is 61.8 Å². The van der Waals surface area contributed by atoms with E-state index in [1.165, 1.54) is 36.4 Å². The molecule has 0 bridgehead atoms. The average Bonchev–Trinajstić information content (AvgIpc) is 1.64. The number of nitrogens with zero attached hydrogens (tertiary/aromatic N) is 5. The Hall–Kier alpha value is -9.92. The van der Waals surface area contributed by atoms with Gasteiger partial charge >= 0.3 is 12.1 Å². The number of aromatic nitrogens is 1. The number of fused-ring (bicyclic) bond motifs is 2. The van der Waals surface area contributed by atoms with Crippen LogP contribution in [0.1, 0.15) is 136 Å². The maximum atomic E-state index is 14.0. The van der Waals surface area contributed by atoms with E-state index in [9.17, 15) is 56.7 Å². The van der Waals surface area contributed by atoms with Gasteiger partial charge in [0.15, 0.2) is 0 Å². The Morgan fingerprint density at radius 1 is 0.789 bits per heavy atom. The van der Waals surface area contributed by atoms with Gasteiger partial charge in [-0.15, -0.1) is 0 Å². The Bertz CT molecular complexity index is 3550. The lowest BCUT2D eigenvalue weighted by Crippen LogP contribution is -2.54. The van der Waals surface area contributed by atoms with E-state index in [1.807, 2.05) is 66.6 Å². The van der Waals surface area contributed by atoms with E-state index in [4.69, 9.17) is 15.5 Å². The molecule has 0 unspecified atom stereocenters. The number of nitrogens with one attached hydrogen (secondary N) is 8. The third-order valence-corrected chi connectivity index (χ3v) is 15.9. The minimum absolute atomic E-state index is 0.0391. The number of amidine groups is 1. The average molecular weight is 1310 g/mol. The fourth-order valence-corrected chi connectivity index (χ4v) is 10.8. The lowest BCUT2D eigenvalue weighted by Gasteiger charge is -2.28. The quantitative estimate of drug-likeness (QED) is 0.0171. The predicted octanol–water partition coefficient (Wildman–Crippen LogP) is 7.27. The standard InChI is InChI=1S/C68H86F2N14O11/c1-7-27-83(28-8-2)65(92)49-32-47-19-20-48(34-56(47)78-57(71)35-49)62(89)77-52-33-50-38-82(30-25-53(50)73-36-52)37-46-16-15-43(5)55(31-46)80-66(93)72-26-12-13-54(79-64(91)61(42(3)4)81-58(86)14-10-9-11-29-84-59(87)23-24-60(84)88)63(90)76-51-21-17-45(18-22-51)39-95-67(94)75-41-68(69,70)40-74-44(6)85/h15-24,31-34,36,42,54,61H,7-14,25-30,35,37-41H2,1-6H3,(H2,71,78)(H,74,85)(H,75,94)(H,76,90)(H,77,89)(H,79,91)(H,81,86)(H2,72,80,93)/t54-,61-/m0/s1. The SMILES string of the molecule is CCCN(CCC)C(=O)C1=Cc2ccc(C(=O)Nc3cnc4c(c3)CN(Cc3ccc(C)c(NC(=O)NCCC[C@H](NC(=O)[C@@H](NC(=O)CCCCCN5C(=O)C=CC5=O)C(C)C)C(=O)Nc5ccc(COC(=O)NCC(F)(F)CNC(C)=O)cc5)c3)CC4)cc2N=C(N)C1. The van der Waals surface area contributed by atoms with Crippen LogP contribution in [0, 0.1) is 12.8 Å². The molecule has 508 valence electrons. The van der Waals surface area contributed by atoms with Crippen molar-refractivity contribution in [2.45, 2.75) is 143 Å². The summed E-state index contributed by atoms with van der Waals surface area (Å²) < 4.78 is 33.1. The summed E-state index contributed by atoms with van der Waals surface area (Å²) in [4.78, 5) is 143. The molecule has 4 heterocycles. The fourth-order valence-electron chi connectivity index (χ4n) is 10.8. The number of carbonyl (C=O) groups is 10. The second-order valence-electron chi connectivity index (χ2n) is 24.1. The first-order chi connectivity index (χ1) is 45.4. The molecular weight excluding hydrogens is 1230 g/mol. The molecule has 3 aromatic carbocycles. The summed E-state index contributed by atoms with van der Waals surface area (Å²) in [5.41, 5.74) is 13.9. The molecule has 10 N–H and O–H groups in total. The van der Waals surface area contributed by atoms with Crippen LogP contribution in [-0.2, 0) is 64.4 Å². The van der Waals surface area contributed by atoms with Crippen LogP contribution < -0.4 is 48.3 Å². The first kappa shape index (κ1) is 72.5. The number of anilines is 3. The highest BCUT2D eigenvalue weighted by molar-refractivity contribution is 6.13. The van der Waals surface area contributed by atoms with Crippen molar-refractivity contribution in [2.24, 2.45) is 16.6 Å². The van der Waals surface area contributed by atoms with Gasteiger partial charge in [-0.2, -0.15) is 0 Å². The Morgan fingerprint density at radius 3 is 2.21 bits per heavy atom. The molecular formula is C68H86F2N14O11. The van der Waals surface area contributed by atoms with Crippen LogP contribution in [0.4, 0.5) is 41.1 Å². The van der Waals surface area contributed by atoms with E-state index >= 15 is 0 Å². The summed E-state index contributed by atoms with van der Waals surface area (Å²) in [6.07, 6.45) is 9.03. The number of nitrogens with two attached hydrogens (primary N) is 1. The monoisotopic (exact) mass is 1310 g/mol. The number of alkyl carbamates (subject to hydrolysis) is 1. The van der Waals surface area contributed by atoms with E-state index in [2.05, 4.69) is 41.8 Å². The van der Waals surface area contributed by atoms with Crippen LogP contribution in [0.3, 0.4) is 0 Å². The van der Waals surface area contributed by atoms with Crippen molar-refractivity contribution in [1.82, 2.24) is 46.3 Å². The van der Waals surface area contributed by atoms with Crippen LogP contribution in [-0.4, -0.2) is 149 Å². The first-order valence-electron chi connectivity index (χ1n) is 32.1. The topological polar surface area (TPSA) is 337 Å². The number of halogens is 2. The van der Waals surface area contributed by atoms with Gasteiger partial charge in [0.25, 0.3) is 23.6 Å². The van der Waals surface area contributed by atoms with Gasteiger partial charge in [-0.05, 0) is 116 Å². The zero-order chi connectivity index (χ0) is 68.8. The van der Waals surface area contributed by atoms with E-state index < -0.39 is 72.8 Å². The smallest absolute Gasteiger partial charge is 0.407 e. The molecule has 1 aromatic heterocycles. The molecule has 3 aliphatic heterocycles. The van der Waals surface area contributed by atoms with Gasteiger partial charge in [-0.3, -0.25) is 53.1 Å². The fraction of sp³-hybridized carbons (Fsp3) is 0.441. The molecule has 0 fully saturated rings. The molecule has 27 heteroatoms. The number of aryl methyl sites for hydroxylation is 1. The number of hydrogen-bond acceptors (Lipinski definition) is 15. The van der Waals surface area contributed by atoms with Crippen molar-refractivity contribution in [3.8, 4) is 0 Å². The molecule has 11 amide bonds. The van der Waals surface area contributed by atoms with Gasteiger partial charge in [0.1, 0.15) is 24.5 Å². The molecule has 2 atom stereocenters. The number of urea groups is 1. The van der Waals surface area contributed by atoms with E-state index in [-0.39, 0.29) is 74.8 Å². The number of pyridine rings is 1. The third-order valence-electron chi connectivity index (χ3n) is 15.9. The summed E-state index contributed by atoms with van der Waals surface area (Å²) in [6.45, 7) is 11.5. The number of hydrogen-bond donors (Lipinski definition) is 9. The molecule has 95 heavy (non-hydrogen) atoms. The van der Waals surface area contributed by atoms with Crippen molar-refractivity contribution >= 4 is 94.0 Å². The number of rotatable bonds is 32. The van der Waals surface area contributed by atoms with Gasteiger partial charge in [-0.25, -0.2) is 23.4 Å². The normalized spacial score (nSPS) is 14.2. The van der Waals surface area contributed by atoms with Crippen LogP contribution >= 0.6 is 0 Å². The molecule has 0 saturated heterocycles. The van der Waals surface area contributed by atoms with E-state index in [0.29, 0.717) is 103 Å². The van der Waals surface area contributed by atoms with Gasteiger partial charge in [0.2, 0.25) is 29.5 Å². The van der Waals surface area contributed by atoms with Crippen molar-refractivity contribution < 1.29 is 61.5 Å². The van der Waals surface area contributed by atoms with E-state index in [0.717, 1.165) is 47.0 Å². The largest absolute Gasteiger partial charge is 0.445 e. The number of alkyl halides is 2. The number of imide groups is 1. The number of aliphatic imine (C=N–C) groups is 1. The molecule has 0 saturated carbocycles. The molecule has 0 aliphatic carbocycles. The van der Waals surface area contributed by atoms with Gasteiger partial charge in [-0.1, -0.05) is 64.4 Å². The first-order valence-corrected chi connectivity index (χ1v) is 32.1. The number of ether oxygens (including phenoxy) is 1. The lowest BCUT2D eigenvalue weighted by atomic mass is 10.0. The predicted molar refractivity (Wildman–Crippen MR) is 355 cm³/mol. The number of benzene rings is 3. The molecule has 0 spiro atoms. The molecule has 4 aromatic rings. The number of carbonyl (C=O) groups excluding carboxylic acids is 10. The Morgan fingerprint density at radius 2 is 1.51 bits per heavy atom. The summed E-state index contributed by atoms with van der Waals surface area (Å²) >= 11 is 0. The third kappa shape index (κ3) is 22.4. The van der Waals surface area contributed by atoms with Crippen LogP contribution in [0.15, 0.2) is 95.6 Å². The molecule has 0 radical (unpaired) electrons. The minimum Gasteiger partial charge on any atom is -0.445 e. The Labute approximate surface area is 551 Å². The maximum absolute atomic E-state index is 14.0. The van der Waals surface area contributed by atoms with Gasteiger partial charge in [0, 0.05) is 118 Å². The summed E-state index contributed by atoms with van der Waals surface area (Å²) in [6, 6.07) is 16.2. The van der Waals surface area contributed by atoms with Gasteiger partial charge < -0.3 is 57.9 Å². The van der Waals surface area contributed by atoms with Crippen molar-refractivity contribution in [3.63, 3.8) is 0 Å². The minimum atomic E-state index is -3.42. The summed E-state index contributed by atoms with van der Waals surface area (Å²) in [5, 5.41) is 21.1. The highest BCUT2D eigenvalue weighted by Gasteiger charge is 2.32. The lowest BCUT2D eigenvalue weighted by molar-refractivity contribution is -0.137. The summed E-state index contributed by atoms with van der Waals surface area (Å²) in [5.74, 6) is -7.07. The highest BCUT2D eigenvalue weighted by atomic mass is 19.3. The van der Waals surface area contributed by atoms with Crippen LogP contribution in [0.5, 0.6) is 0 Å². The van der Waals surface area contributed by atoms with E-state index in [1.54, 1.807) is 38.2 Å². The molecule has 25 nitrogen and oxygen atoms in total. The second-order valence-corrected chi connectivity index (χ2v) is 24.1. The zero-order valence-corrected chi connectivity index (χ0v) is 54.6. The number of amides is 11. The van der Waals surface area contributed by atoms with Crippen molar-refractivity contribution in [1.29, 1.82) is 0 Å². The number of unbranched alkanes of at least 4 members (excludes halogenated alkanes) is 2. The van der Waals surface area contributed by atoms with Crippen LogP contribution in [0.2, 0.25) is 0 Å². The molecule has 3 aliphatic rings. The van der Waals surface area contributed by atoms with Crippen molar-refractivity contribution in [3.05, 3.63) is 130 Å². The van der Waals surface area contributed by atoms with Gasteiger partial charge in [0.05, 0.1) is 30.7 Å². The van der Waals surface area contributed by atoms with Crippen LogP contribution in [0.25, 0.3) is 6.08 Å². The second kappa shape index (κ2) is 34.8. The highest BCUT2D eigenvalue weighted by Crippen LogP contribution is 2.30. The molecule has 7 rings (SSSR count). The Kier molecular flexibility index (Phi) is 26.6.